The van der Waals surface area contributed by atoms with E-state index >= 15 is 0 Å². The molecule has 27 heavy (non-hydrogen) atoms. The minimum Gasteiger partial charge on any atom is -0.360 e. The molecule has 5 rings (SSSR count). The summed E-state index contributed by atoms with van der Waals surface area (Å²) >= 11 is 0. The molecule has 1 aliphatic heterocycles. The molecule has 0 unspecified atom stereocenters. The van der Waals surface area contributed by atoms with Crippen molar-refractivity contribution < 1.29 is 4.52 Å². The topological polar surface area (TPSA) is 79.4 Å². The number of H-pyrrole nitrogens is 1. The summed E-state index contributed by atoms with van der Waals surface area (Å²) in [5.41, 5.74) is 5.35. The molecular weight excluding hydrogens is 342 g/mol. The summed E-state index contributed by atoms with van der Waals surface area (Å²) in [5, 5.41) is 7.29. The lowest BCUT2D eigenvalue weighted by Gasteiger charge is -2.25. The Morgan fingerprint density at radius 1 is 1.22 bits per heavy atom. The van der Waals surface area contributed by atoms with Crippen molar-refractivity contribution in [2.45, 2.75) is 26.4 Å². The van der Waals surface area contributed by atoms with Crippen LogP contribution in [0.4, 0.5) is 0 Å². The lowest BCUT2D eigenvalue weighted by atomic mass is 10.0. The van der Waals surface area contributed by atoms with E-state index in [1.54, 1.807) is 6.07 Å². The van der Waals surface area contributed by atoms with E-state index in [4.69, 9.17) is 4.52 Å². The molecule has 1 aliphatic rings. The molecule has 1 aromatic carbocycles. The molecule has 1 N–H and O–H groups in total. The van der Waals surface area contributed by atoms with Gasteiger partial charge in [-0.1, -0.05) is 35.5 Å². The monoisotopic (exact) mass is 361 g/mol. The molecular formula is C20H19N5O2. The Morgan fingerprint density at radius 3 is 2.93 bits per heavy atom. The molecule has 0 saturated heterocycles. The minimum absolute atomic E-state index is 0.0873. The molecule has 0 bridgehead atoms. The highest BCUT2D eigenvalue weighted by Gasteiger charge is 2.25. The zero-order valence-corrected chi connectivity index (χ0v) is 15.0. The second-order valence-electron chi connectivity index (χ2n) is 6.98. The number of hydrogen-bond donors (Lipinski definition) is 1. The van der Waals surface area contributed by atoms with Crippen LogP contribution >= 0.6 is 0 Å². The summed E-state index contributed by atoms with van der Waals surface area (Å²) in [7, 11) is 0. The van der Waals surface area contributed by atoms with Crippen molar-refractivity contribution in [2.24, 2.45) is 0 Å². The average molecular weight is 361 g/mol. The molecule has 0 aliphatic carbocycles. The number of benzene rings is 1. The van der Waals surface area contributed by atoms with Crippen molar-refractivity contribution in [3.05, 3.63) is 75.5 Å². The van der Waals surface area contributed by atoms with E-state index in [-0.39, 0.29) is 5.56 Å². The maximum absolute atomic E-state index is 12.3. The smallest absolute Gasteiger partial charge is 0.272 e. The summed E-state index contributed by atoms with van der Waals surface area (Å²) in [6.45, 7) is 4.12. The summed E-state index contributed by atoms with van der Waals surface area (Å²) < 4.78 is 7.04. The first kappa shape index (κ1) is 16.0. The Labute approximate surface area is 155 Å². The van der Waals surface area contributed by atoms with E-state index in [0.29, 0.717) is 12.2 Å². The third kappa shape index (κ3) is 2.86. The third-order valence-electron chi connectivity index (χ3n) is 4.97. The number of hydrogen-bond acceptors (Lipinski definition) is 5. The molecule has 4 heterocycles. The van der Waals surface area contributed by atoms with E-state index in [1.165, 1.54) is 4.52 Å². The van der Waals surface area contributed by atoms with Crippen molar-refractivity contribution in [1.29, 1.82) is 0 Å². The quantitative estimate of drug-likeness (QED) is 0.607. The summed E-state index contributed by atoms with van der Waals surface area (Å²) in [6.07, 6.45) is 0.805. The summed E-state index contributed by atoms with van der Waals surface area (Å²) in [5.74, 6) is 0.954. The maximum atomic E-state index is 12.3. The summed E-state index contributed by atoms with van der Waals surface area (Å²) in [4.78, 5) is 19.2. The number of aryl methyl sites for hydroxylation is 1. The average Bonchev–Trinajstić information content (AvgIpc) is 3.25. The highest BCUT2D eigenvalue weighted by molar-refractivity contribution is 5.63. The van der Waals surface area contributed by atoms with Crippen LogP contribution in [0.3, 0.4) is 0 Å². The molecule has 7 heteroatoms. The van der Waals surface area contributed by atoms with Crippen LogP contribution in [0, 0.1) is 6.92 Å². The van der Waals surface area contributed by atoms with Gasteiger partial charge in [-0.15, -0.1) is 0 Å². The van der Waals surface area contributed by atoms with Crippen LogP contribution in [0.25, 0.3) is 16.9 Å². The van der Waals surface area contributed by atoms with Gasteiger partial charge in [0.05, 0.1) is 5.69 Å². The Morgan fingerprint density at radius 2 is 2.07 bits per heavy atom. The van der Waals surface area contributed by atoms with Gasteiger partial charge in [-0.25, -0.2) is 9.50 Å². The van der Waals surface area contributed by atoms with Gasteiger partial charge < -0.3 is 4.52 Å². The van der Waals surface area contributed by atoms with Gasteiger partial charge in [0.25, 0.3) is 5.56 Å². The Balaban J connectivity index is 1.43. The van der Waals surface area contributed by atoms with Crippen LogP contribution < -0.4 is 5.56 Å². The second-order valence-corrected chi connectivity index (χ2v) is 6.98. The largest absolute Gasteiger partial charge is 0.360 e. The Hall–Kier alpha value is -3.19. The number of nitrogens with zero attached hydrogens (tertiary/aromatic N) is 4. The zero-order valence-electron chi connectivity index (χ0n) is 15.0. The zero-order chi connectivity index (χ0) is 18.4. The normalized spacial score (nSPS) is 14.6. The molecule has 0 atom stereocenters. The van der Waals surface area contributed by atoms with Crippen LogP contribution in [0.2, 0.25) is 0 Å². The van der Waals surface area contributed by atoms with Crippen LogP contribution in [-0.4, -0.2) is 31.2 Å². The van der Waals surface area contributed by atoms with Crippen LogP contribution in [-0.2, 0) is 19.5 Å². The first-order chi connectivity index (χ1) is 13.2. The molecule has 7 nitrogen and oxygen atoms in total. The first-order valence-electron chi connectivity index (χ1n) is 9.01. The molecule has 3 aromatic heterocycles. The van der Waals surface area contributed by atoms with Crippen molar-refractivity contribution >= 4 is 5.65 Å². The van der Waals surface area contributed by atoms with Crippen LogP contribution in [0.5, 0.6) is 0 Å². The minimum atomic E-state index is -0.0873. The number of aromatic nitrogens is 4. The molecule has 0 spiro atoms. The molecule has 0 radical (unpaired) electrons. The standard InChI is InChI=1S/C20H19N5O2/c1-13-9-18-21-15(10-19(26)25(18)22-13)11-24-8-7-17-16(12-24)20(23-27-17)14-5-3-2-4-6-14/h2-6,9-10,22H,7-8,11-12H2,1H3. The van der Waals surface area contributed by atoms with Crippen molar-refractivity contribution in [1.82, 2.24) is 24.7 Å². The Kier molecular flexibility index (Phi) is 3.68. The number of rotatable bonds is 3. The van der Waals surface area contributed by atoms with Crippen LogP contribution in [0.1, 0.15) is 22.7 Å². The van der Waals surface area contributed by atoms with Crippen LogP contribution in [0.15, 0.2) is 51.8 Å². The Bertz CT molecular complexity index is 1170. The van der Waals surface area contributed by atoms with Gasteiger partial charge in [0, 0.05) is 55.0 Å². The highest BCUT2D eigenvalue weighted by Crippen LogP contribution is 2.30. The second kappa shape index (κ2) is 6.21. The summed E-state index contributed by atoms with van der Waals surface area (Å²) in [6, 6.07) is 13.6. The molecule has 0 fully saturated rings. The molecule has 0 saturated carbocycles. The molecule has 0 amide bonds. The van der Waals surface area contributed by atoms with E-state index < -0.39 is 0 Å². The van der Waals surface area contributed by atoms with Gasteiger partial charge in [-0.3, -0.25) is 14.8 Å². The predicted octanol–water partition coefficient (Wildman–Crippen LogP) is 2.54. The van der Waals surface area contributed by atoms with E-state index in [2.05, 4.69) is 20.1 Å². The van der Waals surface area contributed by atoms with Gasteiger partial charge in [0.2, 0.25) is 0 Å². The fraction of sp³-hybridized carbons (Fsp3) is 0.250. The lowest BCUT2D eigenvalue weighted by molar-refractivity contribution is 0.226. The third-order valence-corrected chi connectivity index (χ3v) is 4.97. The van der Waals surface area contributed by atoms with Gasteiger partial charge in [-0.05, 0) is 6.92 Å². The van der Waals surface area contributed by atoms with Crippen molar-refractivity contribution in [2.75, 3.05) is 6.54 Å². The van der Waals surface area contributed by atoms with Crippen molar-refractivity contribution in [3.63, 3.8) is 0 Å². The van der Waals surface area contributed by atoms with Gasteiger partial charge in [0.15, 0.2) is 5.65 Å². The van der Waals surface area contributed by atoms with Crippen molar-refractivity contribution in [3.8, 4) is 11.3 Å². The first-order valence-corrected chi connectivity index (χ1v) is 9.01. The number of fused-ring (bicyclic) bond motifs is 2. The highest BCUT2D eigenvalue weighted by atomic mass is 16.5. The predicted molar refractivity (Wildman–Crippen MR) is 100 cm³/mol. The molecule has 4 aromatic rings. The SMILES string of the molecule is Cc1cc2nc(CN3CCc4onc(-c5ccccc5)c4C3)cc(=O)n2[nH]1. The fourth-order valence-corrected chi connectivity index (χ4v) is 3.69. The van der Waals surface area contributed by atoms with Gasteiger partial charge in [0.1, 0.15) is 11.5 Å². The lowest BCUT2D eigenvalue weighted by Crippen LogP contribution is -2.30. The molecule has 136 valence electrons. The van der Waals surface area contributed by atoms with E-state index in [9.17, 15) is 4.79 Å². The fourth-order valence-electron chi connectivity index (χ4n) is 3.69. The van der Waals surface area contributed by atoms with E-state index in [0.717, 1.165) is 53.5 Å². The number of aromatic amines is 1. The number of nitrogens with one attached hydrogen (secondary N) is 1. The van der Waals surface area contributed by atoms with E-state index in [1.807, 2.05) is 43.3 Å². The maximum Gasteiger partial charge on any atom is 0.272 e. The van der Waals surface area contributed by atoms with Gasteiger partial charge >= 0.3 is 0 Å². The van der Waals surface area contributed by atoms with Gasteiger partial charge in [-0.2, -0.15) is 0 Å².